The van der Waals surface area contributed by atoms with Crippen molar-refractivity contribution < 1.29 is 19.3 Å². The van der Waals surface area contributed by atoms with Crippen molar-refractivity contribution in [1.29, 1.82) is 0 Å². The third-order valence-corrected chi connectivity index (χ3v) is 3.06. The minimum atomic E-state index is -0.735. The Kier molecular flexibility index (Phi) is 3.53. The second-order valence-electron chi connectivity index (χ2n) is 3.59. The van der Waals surface area contributed by atoms with Crippen LogP contribution >= 0.6 is 22.6 Å². The zero-order chi connectivity index (χ0) is 13.3. The van der Waals surface area contributed by atoms with Gasteiger partial charge in [-0.3, -0.25) is 5.32 Å². The molecule has 1 heterocycles. The van der Waals surface area contributed by atoms with Crippen molar-refractivity contribution in [2.75, 3.05) is 12.4 Å². The molecule has 94 valence electrons. The number of primary amides is 2. The van der Waals surface area contributed by atoms with Gasteiger partial charge < -0.3 is 15.5 Å². The maximum atomic E-state index is 11.7. The number of benzene rings is 1. The Hall–Kier alpha value is -1.61. The van der Waals surface area contributed by atoms with Crippen LogP contribution in [0.2, 0.25) is 0 Å². The largest absolute Gasteiger partial charge is 0.445 e. The molecule has 3 amide bonds. The molecule has 0 fully saturated rings. The van der Waals surface area contributed by atoms with Crippen LogP contribution in [-0.4, -0.2) is 19.0 Å². The number of hydrogen-bond donors (Lipinski definition) is 3. The van der Waals surface area contributed by atoms with E-state index in [0.29, 0.717) is 16.7 Å². The lowest BCUT2D eigenvalue weighted by Gasteiger charge is -2.00. The monoisotopic (exact) mass is 360 g/mol. The van der Waals surface area contributed by atoms with E-state index < -0.39 is 6.03 Å². The van der Waals surface area contributed by atoms with Crippen molar-refractivity contribution in [2.24, 2.45) is 5.73 Å². The Morgan fingerprint density at radius 2 is 2.17 bits per heavy atom. The average molecular weight is 360 g/mol. The molecule has 6 nitrogen and oxygen atoms in total. The van der Waals surface area contributed by atoms with Crippen molar-refractivity contribution in [1.82, 2.24) is 0 Å². The van der Waals surface area contributed by atoms with Crippen LogP contribution in [0.25, 0.3) is 11.0 Å². The fraction of sp³-hybridized carbons (Fsp3) is 0.0909. The van der Waals surface area contributed by atoms with Crippen LogP contribution in [0.15, 0.2) is 22.6 Å². The van der Waals surface area contributed by atoms with Crippen LogP contribution in [0, 0.1) is 3.57 Å². The van der Waals surface area contributed by atoms with Crippen molar-refractivity contribution in [2.45, 2.75) is 0 Å². The van der Waals surface area contributed by atoms with E-state index in [-0.39, 0.29) is 11.7 Å². The molecule has 1 aromatic carbocycles. The molecular formula is C11H11IN3O3+. The van der Waals surface area contributed by atoms with Crippen LogP contribution < -0.4 is 16.4 Å². The van der Waals surface area contributed by atoms with Gasteiger partial charge in [0.1, 0.15) is 11.3 Å². The summed E-state index contributed by atoms with van der Waals surface area (Å²) in [5.41, 5.74) is 5.96. The number of rotatable bonds is 2. The minimum absolute atomic E-state index is 0.0910. The summed E-state index contributed by atoms with van der Waals surface area (Å²) in [6, 6.07) is 4.68. The Bertz CT molecular complexity index is 636. The van der Waals surface area contributed by atoms with Gasteiger partial charge in [-0.2, -0.15) is 0 Å². The van der Waals surface area contributed by atoms with Gasteiger partial charge in [-0.05, 0) is 40.8 Å². The van der Waals surface area contributed by atoms with Crippen molar-refractivity contribution in [3.05, 3.63) is 27.5 Å². The quantitative estimate of drug-likeness (QED) is 0.693. The number of carbonyl (C=O) groups excluding carboxylic acids is 2. The van der Waals surface area contributed by atoms with Gasteiger partial charge in [0, 0.05) is 8.96 Å². The van der Waals surface area contributed by atoms with Crippen molar-refractivity contribution >= 4 is 51.2 Å². The third kappa shape index (κ3) is 2.31. The fourth-order valence-corrected chi connectivity index (χ4v) is 2.11. The van der Waals surface area contributed by atoms with Crippen LogP contribution in [0.3, 0.4) is 0 Å². The first kappa shape index (κ1) is 12.8. The number of anilines is 1. The van der Waals surface area contributed by atoms with E-state index in [1.54, 1.807) is 13.1 Å². The van der Waals surface area contributed by atoms with E-state index >= 15 is 0 Å². The lowest BCUT2D eigenvalue weighted by Crippen LogP contribution is -2.83. The Morgan fingerprint density at radius 1 is 1.44 bits per heavy atom. The molecular weight excluding hydrogens is 349 g/mol. The highest BCUT2D eigenvalue weighted by Gasteiger charge is 2.23. The Balaban J connectivity index is 2.68. The molecule has 0 spiro atoms. The first-order valence-electron chi connectivity index (χ1n) is 5.15. The molecule has 2 aromatic rings. The summed E-state index contributed by atoms with van der Waals surface area (Å²) in [6.07, 6.45) is 0. The van der Waals surface area contributed by atoms with Gasteiger partial charge in [-0.25, -0.2) is 9.59 Å². The highest BCUT2D eigenvalue weighted by molar-refractivity contribution is 14.1. The Labute approximate surface area is 116 Å². The number of fused-ring (bicyclic) bond motifs is 1. The number of furan rings is 1. The van der Waals surface area contributed by atoms with E-state index in [0.717, 1.165) is 3.57 Å². The minimum Gasteiger partial charge on any atom is -0.445 e. The second kappa shape index (κ2) is 4.94. The fourth-order valence-electron chi connectivity index (χ4n) is 1.62. The van der Waals surface area contributed by atoms with Gasteiger partial charge in [0.15, 0.2) is 0 Å². The van der Waals surface area contributed by atoms with Gasteiger partial charge >= 0.3 is 11.9 Å². The van der Waals surface area contributed by atoms with E-state index in [1.807, 2.05) is 12.1 Å². The first-order chi connectivity index (χ1) is 8.52. The number of nitrogens with two attached hydrogens (primary N) is 2. The third-order valence-electron chi connectivity index (χ3n) is 2.38. The molecule has 1 aromatic heterocycles. The number of amides is 3. The number of nitrogens with one attached hydrogen (secondary N) is 1. The predicted molar refractivity (Wildman–Crippen MR) is 74.3 cm³/mol. The molecule has 0 saturated carbocycles. The normalized spacial score (nSPS) is 10.6. The molecule has 0 bridgehead atoms. The van der Waals surface area contributed by atoms with E-state index in [9.17, 15) is 9.59 Å². The maximum Gasteiger partial charge on any atom is 0.380 e. The van der Waals surface area contributed by atoms with Crippen LogP contribution in [-0.2, 0) is 0 Å². The lowest BCUT2D eigenvalue weighted by atomic mass is 10.2. The molecule has 0 aliphatic rings. The van der Waals surface area contributed by atoms with E-state index in [4.69, 9.17) is 10.2 Å². The molecule has 2 rings (SSSR count). The lowest BCUT2D eigenvalue weighted by molar-refractivity contribution is -0.524. The number of quaternary nitrogens is 1. The molecule has 0 unspecified atom stereocenters. The summed E-state index contributed by atoms with van der Waals surface area (Å²) in [7, 11) is 1.60. The predicted octanol–water partition coefficient (Wildman–Crippen LogP) is 0.861. The molecule has 5 N–H and O–H groups in total. The Morgan fingerprint density at radius 3 is 2.78 bits per heavy atom. The summed E-state index contributed by atoms with van der Waals surface area (Å²) >= 11 is 2.14. The van der Waals surface area contributed by atoms with Gasteiger partial charge in [0.25, 0.3) is 5.76 Å². The molecule has 0 radical (unpaired) electrons. The zero-order valence-electron chi connectivity index (χ0n) is 9.49. The maximum absolute atomic E-state index is 11.7. The molecule has 18 heavy (non-hydrogen) atoms. The summed E-state index contributed by atoms with van der Waals surface area (Å²) in [5, 5.41) is 4.47. The van der Waals surface area contributed by atoms with Crippen molar-refractivity contribution in [3.8, 4) is 0 Å². The van der Waals surface area contributed by atoms with Crippen LogP contribution in [0.5, 0.6) is 0 Å². The summed E-state index contributed by atoms with van der Waals surface area (Å²) in [5.74, 6) is -0.210. The first-order valence-corrected chi connectivity index (χ1v) is 6.23. The van der Waals surface area contributed by atoms with Crippen LogP contribution in [0.1, 0.15) is 10.6 Å². The summed E-state index contributed by atoms with van der Waals surface area (Å²) in [4.78, 5) is 22.7. The average Bonchev–Trinajstić information content (AvgIpc) is 2.66. The van der Waals surface area contributed by atoms with Gasteiger partial charge in [0.05, 0.1) is 7.05 Å². The highest BCUT2D eigenvalue weighted by Crippen LogP contribution is 2.31. The van der Waals surface area contributed by atoms with Crippen LogP contribution in [0.4, 0.5) is 10.5 Å². The summed E-state index contributed by atoms with van der Waals surface area (Å²) < 4.78 is 6.42. The molecule has 7 heteroatoms. The zero-order valence-corrected chi connectivity index (χ0v) is 11.6. The van der Waals surface area contributed by atoms with Gasteiger partial charge in [0.2, 0.25) is 0 Å². The molecule has 0 aliphatic heterocycles. The highest BCUT2D eigenvalue weighted by atomic mass is 127. The molecule has 0 aliphatic carbocycles. The summed E-state index contributed by atoms with van der Waals surface area (Å²) in [6.45, 7) is 0. The molecule has 0 atom stereocenters. The number of hydrogen-bond acceptors (Lipinski definition) is 3. The van der Waals surface area contributed by atoms with E-state index in [2.05, 4.69) is 27.9 Å². The molecule has 0 saturated heterocycles. The number of urea groups is 1. The second-order valence-corrected chi connectivity index (χ2v) is 4.83. The number of carbonyl (C=O) groups is 2. The smallest absolute Gasteiger partial charge is 0.380 e. The SMILES string of the molecule is C[NH2+]C(=O)c1oc2ccc(I)cc2c1NC(N)=O. The number of halogens is 1. The standard InChI is InChI=1S/C11H10IN3O3/c1-14-10(16)9-8(15-11(13)17)6-4-5(12)2-3-7(6)18-9/h2-4H,1H3,(H,14,16)(H3,13,15,17)/p+1. The van der Waals surface area contributed by atoms with E-state index in [1.165, 1.54) is 5.32 Å². The van der Waals surface area contributed by atoms with Gasteiger partial charge in [-0.1, -0.05) is 0 Å². The topological polar surface area (TPSA) is 102 Å². The van der Waals surface area contributed by atoms with Gasteiger partial charge in [-0.15, -0.1) is 0 Å². The van der Waals surface area contributed by atoms with Crippen molar-refractivity contribution in [3.63, 3.8) is 0 Å².